The van der Waals surface area contributed by atoms with E-state index in [2.05, 4.69) is 5.16 Å². The Balaban J connectivity index is 1.50. The van der Waals surface area contributed by atoms with Crippen molar-refractivity contribution in [1.82, 2.24) is 5.16 Å². The fourth-order valence-electron chi connectivity index (χ4n) is 4.13. The van der Waals surface area contributed by atoms with E-state index >= 15 is 0 Å². The third-order valence-electron chi connectivity index (χ3n) is 6.11. The Labute approximate surface area is 231 Å². The lowest BCUT2D eigenvalue weighted by Gasteiger charge is -2.15. The minimum Gasteiger partial charge on any atom is -0.466 e. The third kappa shape index (κ3) is 6.44. The van der Waals surface area contributed by atoms with Crippen LogP contribution in [0.25, 0.3) is 22.5 Å². The molecule has 1 atom stereocenters. The van der Waals surface area contributed by atoms with Crippen molar-refractivity contribution in [2.24, 2.45) is 0 Å². The van der Waals surface area contributed by atoms with E-state index in [9.17, 15) is 9.59 Å². The molecule has 0 aliphatic carbocycles. The fraction of sp³-hybridized carbons (Fsp3) is 0.233. The Morgan fingerprint density at radius 1 is 0.921 bits per heavy atom. The third-order valence-corrected chi connectivity index (χ3v) is 6.77. The molecule has 3 aromatic carbocycles. The van der Waals surface area contributed by atoms with E-state index in [4.69, 9.17) is 37.2 Å². The molecular weight excluding hydrogens is 525 g/mol. The standard InChI is InChI=1S/C30H27Cl2NO5/c1-4-36-28(34)15-20-9-11-21(12-10-20)22-13-14-24(27(32)16-22)30-25(18(2)33-38-30)17-29(35)37-19(3)23-7-5-6-8-26(23)31/h5-14,16,19H,4,15,17H2,1-3H3/t19-/m1/s1. The lowest BCUT2D eigenvalue weighted by Crippen LogP contribution is -2.12. The Morgan fingerprint density at radius 3 is 2.32 bits per heavy atom. The van der Waals surface area contributed by atoms with Gasteiger partial charge in [-0.3, -0.25) is 9.59 Å². The molecule has 0 radical (unpaired) electrons. The maximum absolute atomic E-state index is 12.8. The van der Waals surface area contributed by atoms with Gasteiger partial charge in [-0.1, -0.05) is 76.9 Å². The number of nitrogens with zero attached hydrogens (tertiary/aromatic N) is 1. The van der Waals surface area contributed by atoms with E-state index in [0.29, 0.717) is 39.2 Å². The fourth-order valence-corrected chi connectivity index (χ4v) is 4.69. The Kier molecular flexibility index (Phi) is 8.87. The van der Waals surface area contributed by atoms with E-state index in [-0.39, 0.29) is 18.8 Å². The molecule has 0 N–H and O–H groups in total. The van der Waals surface area contributed by atoms with Gasteiger partial charge >= 0.3 is 11.9 Å². The number of carbonyl (C=O) groups is 2. The second-order valence-corrected chi connectivity index (χ2v) is 9.59. The number of esters is 2. The highest BCUT2D eigenvalue weighted by Gasteiger charge is 2.23. The molecule has 0 fully saturated rings. The Morgan fingerprint density at radius 2 is 1.63 bits per heavy atom. The van der Waals surface area contributed by atoms with Crippen LogP contribution in [0.2, 0.25) is 10.0 Å². The first-order valence-corrected chi connectivity index (χ1v) is 13.0. The molecule has 1 aromatic heterocycles. The summed E-state index contributed by atoms with van der Waals surface area (Å²) in [5.41, 5.74) is 5.25. The summed E-state index contributed by atoms with van der Waals surface area (Å²) >= 11 is 12.9. The van der Waals surface area contributed by atoms with Crippen molar-refractivity contribution in [2.75, 3.05) is 6.61 Å². The molecule has 196 valence electrons. The van der Waals surface area contributed by atoms with Crippen LogP contribution in [0.3, 0.4) is 0 Å². The van der Waals surface area contributed by atoms with Crippen LogP contribution in [-0.2, 0) is 31.9 Å². The number of halogens is 2. The topological polar surface area (TPSA) is 78.6 Å². The first kappa shape index (κ1) is 27.4. The van der Waals surface area contributed by atoms with E-state index in [1.807, 2.05) is 60.7 Å². The molecule has 1 heterocycles. The van der Waals surface area contributed by atoms with Crippen molar-refractivity contribution in [3.63, 3.8) is 0 Å². The molecule has 6 nitrogen and oxygen atoms in total. The number of hydrogen-bond donors (Lipinski definition) is 0. The van der Waals surface area contributed by atoms with Gasteiger partial charge in [0.05, 0.1) is 30.2 Å². The van der Waals surface area contributed by atoms with Crippen LogP contribution in [0, 0.1) is 6.92 Å². The lowest BCUT2D eigenvalue weighted by molar-refractivity contribution is -0.147. The highest BCUT2D eigenvalue weighted by molar-refractivity contribution is 6.33. The van der Waals surface area contributed by atoms with E-state index in [1.165, 1.54) is 0 Å². The van der Waals surface area contributed by atoms with Gasteiger partial charge in [0.25, 0.3) is 0 Å². The van der Waals surface area contributed by atoms with Crippen molar-refractivity contribution in [1.29, 1.82) is 0 Å². The monoisotopic (exact) mass is 551 g/mol. The minimum absolute atomic E-state index is 0.0283. The molecule has 0 bridgehead atoms. The Bertz CT molecular complexity index is 1450. The van der Waals surface area contributed by atoms with Crippen LogP contribution < -0.4 is 0 Å². The average molecular weight is 552 g/mol. The van der Waals surface area contributed by atoms with Gasteiger partial charge < -0.3 is 14.0 Å². The van der Waals surface area contributed by atoms with Crippen molar-refractivity contribution in [2.45, 2.75) is 39.7 Å². The largest absolute Gasteiger partial charge is 0.466 e. The zero-order chi connectivity index (χ0) is 27.2. The van der Waals surface area contributed by atoms with Crippen LogP contribution in [0.1, 0.15) is 42.3 Å². The summed E-state index contributed by atoms with van der Waals surface area (Å²) < 4.78 is 16.2. The number of rotatable bonds is 9. The SMILES string of the molecule is CCOC(=O)Cc1ccc(-c2ccc(-c3onc(C)c3CC(=O)O[C@H](C)c3ccccc3Cl)c(Cl)c2)cc1. The van der Waals surface area contributed by atoms with Gasteiger partial charge in [0.2, 0.25) is 0 Å². The predicted octanol–water partition coefficient (Wildman–Crippen LogP) is 7.58. The van der Waals surface area contributed by atoms with E-state index < -0.39 is 12.1 Å². The van der Waals surface area contributed by atoms with Crippen LogP contribution >= 0.6 is 23.2 Å². The molecule has 4 rings (SSSR count). The smallest absolute Gasteiger partial charge is 0.311 e. The number of aryl methyl sites for hydroxylation is 1. The summed E-state index contributed by atoms with van der Waals surface area (Å²) in [4.78, 5) is 24.5. The maximum Gasteiger partial charge on any atom is 0.311 e. The molecule has 0 amide bonds. The molecule has 0 saturated carbocycles. The van der Waals surface area contributed by atoms with Gasteiger partial charge in [0.1, 0.15) is 6.10 Å². The first-order chi connectivity index (χ1) is 18.3. The van der Waals surface area contributed by atoms with Gasteiger partial charge in [-0.2, -0.15) is 0 Å². The van der Waals surface area contributed by atoms with Gasteiger partial charge in [0.15, 0.2) is 5.76 Å². The molecule has 4 aromatic rings. The van der Waals surface area contributed by atoms with Crippen LogP contribution in [0.4, 0.5) is 0 Å². The summed E-state index contributed by atoms with van der Waals surface area (Å²) in [7, 11) is 0. The summed E-state index contributed by atoms with van der Waals surface area (Å²) in [5.74, 6) is -0.264. The molecule has 0 spiro atoms. The van der Waals surface area contributed by atoms with Crippen molar-refractivity contribution >= 4 is 35.1 Å². The summed E-state index contributed by atoms with van der Waals surface area (Å²) in [6.45, 7) is 5.69. The molecule has 38 heavy (non-hydrogen) atoms. The predicted molar refractivity (Wildman–Crippen MR) is 147 cm³/mol. The highest BCUT2D eigenvalue weighted by atomic mass is 35.5. The Hall–Kier alpha value is -3.61. The molecular formula is C30H27Cl2NO5. The molecule has 0 aliphatic rings. The lowest BCUT2D eigenvalue weighted by atomic mass is 9.99. The zero-order valence-corrected chi connectivity index (χ0v) is 22.8. The summed E-state index contributed by atoms with van der Waals surface area (Å²) in [6, 6.07) is 20.5. The molecule has 8 heteroatoms. The van der Waals surface area contributed by atoms with Gasteiger partial charge in [-0.05, 0) is 55.7 Å². The van der Waals surface area contributed by atoms with Crippen molar-refractivity contribution in [3.8, 4) is 22.5 Å². The van der Waals surface area contributed by atoms with E-state index in [1.54, 1.807) is 26.8 Å². The van der Waals surface area contributed by atoms with Gasteiger partial charge in [-0.25, -0.2) is 0 Å². The molecule has 0 unspecified atom stereocenters. The van der Waals surface area contributed by atoms with Gasteiger partial charge in [-0.15, -0.1) is 0 Å². The molecule has 0 aliphatic heterocycles. The van der Waals surface area contributed by atoms with Crippen molar-refractivity contribution < 1.29 is 23.6 Å². The highest BCUT2D eigenvalue weighted by Crippen LogP contribution is 2.36. The molecule has 0 saturated heterocycles. The van der Waals surface area contributed by atoms with Gasteiger partial charge in [0, 0.05) is 21.7 Å². The second-order valence-electron chi connectivity index (χ2n) is 8.78. The van der Waals surface area contributed by atoms with Crippen molar-refractivity contribution in [3.05, 3.63) is 99.2 Å². The number of aromatic nitrogens is 1. The zero-order valence-electron chi connectivity index (χ0n) is 21.3. The minimum atomic E-state index is -0.508. The quantitative estimate of drug-likeness (QED) is 0.199. The average Bonchev–Trinajstić information content (AvgIpc) is 3.24. The first-order valence-electron chi connectivity index (χ1n) is 12.2. The van der Waals surface area contributed by atoms with Crippen LogP contribution in [-0.4, -0.2) is 23.7 Å². The number of carbonyl (C=O) groups excluding carboxylic acids is 2. The normalized spacial score (nSPS) is 11.7. The summed E-state index contributed by atoms with van der Waals surface area (Å²) in [6.07, 6.45) is -0.313. The number of ether oxygens (including phenoxy) is 2. The maximum atomic E-state index is 12.8. The summed E-state index contributed by atoms with van der Waals surface area (Å²) in [5, 5.41) is 5.05. The van der Waals surface area contributed by atoms with Crippen LogP contribution in [0.15, 0.2) is 71.3 Å². The van der Waals surface area contributed by atoms with Crippen LogP contribution in [0.5, 0.6) is 0 Å². The second kappa shape index (κ2) is 12.3. The van der Waals surface area contributed by atoms with E-state index in [0.717, 1.165) is 22.3 Å². The number of benzene rings is 3. The number of hydrogen-bond acceptors (Lipinski definition) is 6.